The molecule has 20 heavy (non-hydrogen) atoms. The van der Waals surface area contributed by atoms with Crippen molar-refractivity contribution in [3.63, 3.8) is 0 Å². The average Bonchev–Trinajstić information content (AvgIpc) is 2.81. The van der Waals surface area contributed by atoms with E-state index in [0.717, 1.165) is 29.3 Å². The Morgan fingerprint density at radius 1 is 1.25 bits per heavy atom. The van der Waals surface area contributed by atoms with Gasteiger partial charge in [0.1, 0.15) is 17.3 Å². The SMILES string of the molecule is CCNCc1cc(F)cc(N(C)Cc2ccc(C)o2)c1. The maximum atomic E-state index is 13.7. The Bertz CT molecular complexity index is 565. The molecule has 2 rings (SSSR count). The number of aryl methyl sites for hydroxylation is 1. The smallest absolute Gasteiger partial charge is 0.125 e. The van der Waals surface area contributed by atoms with Crippen LogP contribution in [0.4, 0.5) is 10.1 Å². The summed E-state index contributed by atoms with van der Waals surface area (Å²) in [5, 5.41) is 3.21. The van der Waals surface area contributed by atoms with E-state index in [4.69, 9.17) is 4.42 Å². The van der Waals surface area contributed by atoms with E-state index < -0.39 is 0 Å². The zero-order valence-corrected chi connectivity index (χ0v) is 12.2. The van der Waals surface area contributed by atoms with Gasteiger partial charge in [-0.2, -0.15) is 0 Å². The van der Waals surface area contributed by atoms with Crippen molar-refractivity contribution in [3.8, 4) is 0 Å². The molecule has 0 saturated heterocycles. The lowest BCUT2D eigenvalue weighted by Crippen LogP contribution is -2.17. The zero-order valence-electron chi connectivity index (χ0n) is 12.2. The number of furan rings is 1. The van der Waals surface area contributed by atoms with Gasteiger partial charge < -0.3 is 14.6 Å². The number of benzene rings is 1. The van der Waals surface area contributed by atoms with Gasteiger partial charge in [0, 0.05) is 19.3 Å². The van der Waals surface area contributed by atoms with E-state index in [0.29, 0.717) is 13.1 Å². The summed E-state index contributed by atoms with van der Waals surface area (Å²) in [5.74, 6) is 1.56. The van der Waals surface area contributed by atoms with Gasteiger partial charge in [-0.1, -0.05) is 6.92 Å². The summed E-state index contributed by atoms with van der Waals surface area (Å²) in [7, 11) is 1.93. The molecule has 0 radical (unpaired) electrons. The Kier molecular flexibility index (Phi) is 4.79. The van der Waals surface area contributed by atoms with Crippen LogP contribution in [-0.2, 0) is 13.1 Å². The van der Waals surface area contributed by atoms with Crippen molar-refractivity contribution in [2.75, 3.05) is 18.5 Å². The molecule has 1 aromatic heterocycles. The average molecular weight is 276 g/mol. The normalized spacial score (nSPS) is 10.8. The summed E-state index contributed by atoms with van der Waals surface area (Å²) in [6, 6.07) is 9.00. The fourth-order valence-corrected chi connectivity index (χ4v) is 2.12. The van der Waals surface area contributed by atoms with Gasteiger partial charge in [-0.15, -0.1) is 0 Å². The number of rotatable bonds is 6. The first-order valence-corrected chi connectivity index (χ1v) is 6.85. The molecule has 2 aromatic rings. The van der Waals surface area contributed by atoms with Crippen LogP contribution >= 0.6 is 0 Å². The Hall–Kier alpha value is -1.81. The van der Waals surface area contributed by atoms with Crippen molar-refractivity contribution in [2.45, 2.75) is 26.9 Å². The lowest BCUT2D eigenvalue weighted by atomic mass is 10.1. The van der Waals surface area contributed by atoms with Crippen LogP contribution in [0.2, 0.25) is 0 Å². The van der Waals surface area contributed by atoms with Crippen molar-refractivity contribution in [1.82, 2.24) is 5.32 Å². The second-order valence-corrected chi connectivity index (χ2v) is 4.97. The second kappa shape index (κ2) is 6.57. The van der Waals surface area contributed by atoms with E-state index in [1.54, 1.807) is 12.1 Å². The van der Waals surface area contributed by atoms with Crippen LogP contribution in [0, 0.1) is 12.7 Å². The van der Waals surface area contributed by atoms with Crippen LogP contribution in [0.15, 0.2) is 34.7 Å². The summed E-state index contributed by atoms with van der Waals surface area (Å²) >= 11 is 0. The molecule has 0 bridgehead atoms. The summed E-state index contributed by atoms with van der Waals surface area (Å²) < 4.78 is 19.2. The van der Waals surface area contributed by atoms with Crippen molar-refractivity contribution in [1.29, 1.82) is 0 Å². The minimum absolute atomic E-state index is 0.210. The van der Waals surface area contributed by atoms with Gasteiger partial charge in [0.2, 0.25) is 0 Å². The first kappa shape index (κ1) is 14.6. The van der Waals surface area contributed by atoms with Crippen molar-refractivity contribution in [3.05, 3.63) is 53.2 Å². The van der Waals surface area contributed by atoms with Crippen LogP contribution in [0.5, 0.6) is 0 Å². The third-order valence-electron chi connectivity index (χ3n) is 3.15. The molecule has 0 aliphatic rings. The Morgan fingerprint density at radius 2 is 2.05 bits per heavy atom. The van der Waals surface area contributed by atoms with Crippen molar-refractivity contribution < 1.29 is 8.81 Å². The summed E-state index contributed by atoms with van der Waals surface area (Å²) in [6.07, 6.45) is 0. The molecule has 0 amide bonds. The standard InChI is InChI=1S/C16H21FN2O/c1-4-18-10-13-7-14(17)9-15(8-13)19(3)11-16-6-5-12(2)20-16/h5-9,18H,4,10-11H2,1-3H3. The van der Waals surface area contributed by atoms with Crippen molar-refractivity contribution >= 4 is 5.69 Å². The zero-order chi connectivity index (χ0) is 14.5. The van der Waals surface area contributed by atoms with Gasteiger partial charge in [-0.25, -0.2) is 4.39 Å². The highest BCUT2D eigenvalue weighted by atomic mass is 19.1. The molecule has 4 heteroatoms. The molecule has 3 nitrogen and oxygen atoms in total. The molecule has 0 unspecified atom stereocenters. The molecule has 0 aliphatic carbocycles. The molecule has 1 heterocycles. The molecule has 1 aromatic carbocycles. The summed E-state index contributed by atoms with van der Waals surface area (Å²) in [6.45, 7) is 6.12. The lowest BCUT2D eigenvalue weighted by molar-refractivity contribution is 0.481. The third-order valence-corrected chi connectivity index (χ3v) is 3.15. The number of nitrogens with zero attached hydrogens (tertiary/aromatic N) is 1. The van der Waals surface area contributed by atoms with E-state index >= 15 is 0 Å². The molecular weight excluding hydrogens is 255 g/mol. The lowest BCUT2D eigenvalue weighted by Gasteiger charge is -2.19. The predicted octanol–water partition coefficient (Wildman–Crippen LogP) is 3.47. The molecule has 0 aliphatic heterocycles. The van der Waals surface area contributed by atoms with Crippen LogP contribution in [0.1, 0.15) is 24.0 Å². The Labute approximate surface area is 119 Å². The topological polar surface area (TPSA) is 28.4 Å². The number of hydrogen-bond donors (Lipinski definition) is 1. The first-order valence-electron chi connectivity index (χ1n) is 6.85. The van der Waals surface area contributed by atoms with Crippen LogP contribution in [-0.4, -0.2) is 13.6 Å². The van der Waals surface area contributed by atoms with Gasteiger partial charge in [-0.05, 0) is 49.4 Å². The minimum Gasteiger partial charge on any atom is -0.464 e. The maximum absolute atomic E-state index is 13.7. The summed E-state index contributed by atoms with van der Waals surface area (Å²) in [4.78, 5) is 1.98. The summed E-state index contributed by atoms with van der Waals surface area (Å²) in [5.41, 5.74) is 1.80. The molecule has 0 atom stereocenters. The molecule has 0 saturated carbocycles. The van der Waals surface area contributed by atoms with E-state index in [-0.39, 0.29) is 5.82 Å². The van der Waals surface area contributed by atoms with Gasteiger partial charge in [0.25, 0.3) is 0 Å². The molecule has 108 valence electrons. The number of hydrogen-bond acceptors (Lipinski definition) is 3. The van der Waals surface area contributed by atoms with E-state index in [9.17, 15) is 4.39 Å². The number of nitrogens with one attached hydrogen (secondary N) is 1. The van der Waals surface area contributed by atoms with Crippen LogP contribution in [0.3, 0.4) is 0 Å². The van der Waals surface area contributed by atoms with Crippen molar-refractivity contribution in [2.24, 2.45) is 0 Å². The highest BCUT2D eigenvalue weighted by Crippen LogP contribution is 2.20. The fraction of sp³-hybridized carbons (Fsp3) is 0.375. The van der Waals surface area contributed by atoms with Crippen LogP contribution in [0.25, 0.3) is 0 Å². The van der Waals surface area contributed by atoms with E-state index in [1.165, 1.54) is 0 Å². The number of halogens is 1. The van der Waals surface area contributed by atoms with Gasteiger partial charge in [-0.3, -0.25) is 0 Å². The minimum atomic E-state index is -0.210. The van der Waals surface area contributed by atoms with Gasteiger partial charge in [0.15, 0.2) is 0 Å². The molecule has 1 N–H and O–H groups in total. The van der Waals surface area contributed by atoms with Gasteiger partial charge >= 0.3 is 0 Å². The second-order valence-electron chi connectivity index (χ2n) is 4.97. The maximum Gasteiger partial charge on any atom is 0.125 e. The molecular formula is C16H21FN2O. The largest absolute Gasteiger partial charge is 0.464 e. The van der Waals surface area contributed by atoms with E-state index in [1.807, 2.05) is 44.0 Å². The monoisotopic (exact) mass is 276 g/mol. The third kappa shape index (κ3) is 3.84. The Balaban J connectivity index is 2.12. The Morgan fingerprint density at radius 3 is 2.70 bits per heavy atom. The first-order chi connectivity index (χ1) is 9.58. The van der Waals surface area contributed by atoms with Crippen LogP contribution < -0.4 is 10.2 Å². The fourth-order valence-electron chi connectivity index (χ4n) is 2.12. The number of anilines is 1. The molecule has 0 fully saturated rings. The van der Waals surface area contributed by atoms with E-state index in [2.05, 4.69) is 5.32 Å². The van der Waals surface area contributed by atoms with Gasteiger partial charge in [0.05, 0.1) is 6.54 Å². The highest BCUT2D eigenvalue weighted by Gasteiger charge is 2.08. The predicted molar refractivity (Wildman–Crippen MR) is 79.3 cm³/mol. The quantitative estimate of drug-likeness (QED) is 0.875. The highest BCUT2D eigenvalue weighted by molar-refractivity contribution is 5.48. The molecule has 0 spiro atoms.